The Kier molecular flexibility index (Phi) is 6.55. The largest absolute Gasteiger partial charge is 0.440 e. The van der Waals surface area contributed by atoms with Crippen LogP contribution in [0.2, 0.25) is 5.02 Å². The van der Waals surface area contributed by atoms with Crippen molar-refractivity contribution in [3.05, 3.63) is 58.9 Å². The van der Waals surface area contributed by atoms with Gasteiger partial charge >= 0.3 is 0 Å². The highest BCUT2D eigenvalue weighted by Crippen LogP contribution is 2.31. The van der Waals surface area contributed by atoms with Gasteiger partial charge in [0.05, 0.1) is 15.5 Å². The monoisotopic (exact) mass is 475 g/mol. The summed E-state index contributed by atoms with van der Waals surface area (Å²) in [5.74, 6) is 0.572. The molecular formula is C23H26ClN3O4S. The number of fused-ring (bicyclic) bond motifs is 1. The molecule has 1 fully saturated rings. The molecule has 1 aliphatic heterocycles. The molecule has 0 radical (unpaired) electrons. The van der Waals surface area contributed by atoms with Gasteiger partial charge in [-0.3, -0.25) is 4.79 Å². The van der Waals surface area contributed by atoms with Crippen molar-refractivity contribution in [3.63, 3.8) is 0 Å². The summed E-state index contributed by atoms with van der Waals surface area (Å²) < 4.78 is 33.0. The number of piperidine rings is 1. The van der Waals surface area contributed by atoms with Crippen LogP contribution < -0.4 is 0 Å². The number of oxazole rings is 1. The second-order valence-corrected chi connectivity index (χ2v) is 10.2. The molecule has 0 spiro atoms. The topological polar surface area (TPSA) is 83.7 Å². The molecule has 0 bridgehead atoms. The molecule has 0 saturated carbocycles. The van der Waals surface area contributed by atoms with E-state index in [4.69, 9.17) is 16.0 Å². The van der Waals surface area contributed by atoms with Crippen molar-refractivity contribution in [2.75, 3.05) is 26.2 Å². The van der Waals surface area contributed by atoms with E-state index in [9.17, 15) is 13.2 Å². The van der Waals surface area contributed by atoms with Gasteiger partial charge in [-0.2, -0.15) is 4.31 Å². The van der Waals surface area contributed by atoms with Crippen molar-refractivity contribution >= 4 is 38.6 Å². The number of benzene rings is 2. The molecule has 0 aliphatic carbocycles. The Morgan fingerprint density at radius 2 is 1.84 bits per heavy atom. The number of carbonyl (C=O) groups excluding carboxylic acids is 1. The van der Waals surface area contributed by atoms with Crippen molar-refractivity contribution in [2.24, 2.45) is 0 Å². The lowest BCUT2D eigenvalue weighted by Gasteiger charge is -2.31. The van der Waals surface area contributed by atoms with Crippen LogP contribution in [0.3, 0.4) is 0 Å². The van der Waals surface area contributed by atoms with Crippen molar-refractivity contribution in [3.8, 4) is 0 Å². The predicted molar refractivity (Wildman–Crippen MR) is 123 cm³/mol. The fourth-order valence-electron chi connectivity index (χ4n) is 4.11. The van der Waals surface area contributed by atoms with E-state index in [1.807, 2.05) is 24.3 Å². The molecule has 4 rings (SSSR count). The molecule has 2 heterocycles. The van der Waals surface area contributed by atoms with Crippen LogP contribution in [0.15, 0.2) is 51.8 Å². The molecule has 32 heavy (non-hydrogen) atoms. The summed E-state index contributed by atoms with van der Waals surface area (Å²) in [6.45, 7) is 5.31. The molecule has 170 valence electrons. The average Bonchev–Trinajstić information content (AvgIpc) is 3.24. The number of halogens is 1. The molecule has 1 aliphatic rings. The smallest absolute Gasteiger partial charge is 0.255 e. The number of amides is 1. The third kappa shape index (κ3) is 4.27. The quantitative estimate of drug-likeness (QED) is 0.523. The number of hydrogen-bond acceptors (Lipinski definition) is 5. The first-order valence-corrected chi connectivity index (χ1v) is 12.6. The second-order valence-electron chi connectivity index (χ2n) is 7.82. The van der Waals surface area contributed by atoms with Gasteiger partial charge in [0, 0.05) is 32.1 Å². The third-order valence-corrected chi connectivity index (χ3v) is 8.33. The zero-order valence-electron chi connectivity index (χ0n) is 18.1. The van der Waals surface area contributed by atoms with Crippen molar-refractivity contribution in [1.82, 2.24) is 14.2 Å². The molecule has 1 amide bonds. The molecule has 1 aromatic heterocycles. The molecule has 1 saturated heterocycles. The molecule has 3 aromatic rings. The predicted octanol–water partition coefficient (Wildman–Crippen LogP) is 4.53. The SMILES string of the molecule is CCN(CC)S(=O)(=O)c1ccc(Cl)c(C(=O)N2CCC(c3nc4ccccc4o3)CC2)c1. The highest BCUT2D eigenvalue weighted by Gasteiger charge is 2.30. The second kappa shape index (κ2) is 9.21. The first-order valence-electron chi connectivity index (χ1n) is 10.8. The van der Waals surface area contributed by atoms with Crippen LogP contribution in [0, 0.1) is 0 Å². The minimum Gasteiger partial charge on any atom is -0.440 e. The number of rotatable bonds is 6. The van der Waals surface area contributed by atoms with Crippen LogP contribution >= 0.6 is 11.6 Å². The fourth-order valence-corrected chi connectivity index (χ4v) is 5.79. The summed E-state index contributed by atoms with van der Waals surface area (Å²) in [5, 5.41) is 0.245. The Morgan fingerprint density at radius 1 is 1.16 bits per heavy atom. The number of hydrogen-bond donors (Lipinski definition) is 0. The number of para-hydroxylation sites is 2. The lowest BCUT2D eigenvalue weighted by atomic mass is 9.96. The maximum Gasteiger partial charge on any atom is 0.255 e. The van der Waals surface area contributed by atoms with E-state index in [0.717, 1.165) is 11.1 Å². The number of likely N-dealkylation sites (tertiary alicyclic amines) is 1. The van der Waals surface area contributed by atoms with Gasteiger partial charge in [0.1, 0.15) is 5.52 Å². The van der Waals surface area contributed by atoms with Crippen molar-refractivity contribution < 1.29 is 17.6 Å². The summed E-state index contributed by atoms with van der Waals surface area (Å²) in [4.78, 5) is 19.6. The minimum atomic E-state index is -3.68. The van der Waals surface area contributed by atoms with E-state index in [1.165, 1.54) is 22.5 Å². The van der Waals surface area contributed by atoms with Crippen LogP contribution in [-0.4, -0.2) is 54.7 Å². The lowest BCUT2D eigenvalue weighted by Crippen LogP contribution is -2.38. The zero-order chi connectivity index (χ0) is 22.9. The minimum absolute atomic E-state index is 0.0790. The molecule has 0 N–H and O–H groups in total. The lowest BCUT2D eigenvalue weighted by molar-refractivity contribution is 0.0706. The average molecular weight is 476 g/mol. The molecule has 0 unspecified atom stereocenters. The van der Waals surface area contributed by atoms with Gasteiger partial charge in [-0.25, -0.2) is 13.4 Å². The van der Waals surface area contributed by atoms with Crippen molar-refractivity contribution in [1.29, 1.82) is 0 Å². The van der Waals surface area contributed by atoms with Gasteiger partial charge < -0.3 is 9.32 Å². The summed E-state index contributed by atoms with van der Waals surface area (Å²) >= 11 is 6.30. The maximum atomic E-state index is 13.2. The van der Waals surface area contributed by atoms with E-state index < -0.39 is 10.0 Å². The maximum absolute atomic E-state index is 13.2. The Labute approximate surface area is 193 Å². The van der Waals surface area contributed by atoms with E-state index in [2.05, 4.69) is 4.98 Å². The number of aromatic nitrogens is 1. The van der Waals surface area contributed by atoms with Crippen LogP contribution in [0.25, 0.3) is 11.1 Å². The first-order chi connectivity index (χ1) is 15.3. The van der Waals surface area contributed by atoms with E-state index >= 15 is 0 Å². The van der Waals surface area contributed by atoms with Gasteiger partial charge in [0.25, 0.3) is 5.91 Å². The molecule has 2 aromatic carbocycles. The van der Waals surface area contributed by atoms with Gasteiger partial charge in [0.15, 0.2) is 11.5 Å². The summed E-state index contributed by atoms with van der Waals surface area (Å²) in [6.07, 6.45) is 1.43. The Bertz CT molecular complexity index is 1200. The molecule has 9 heteroatoms. The van der Waals surface area contributed by atoms with Crippen LogP contribution in [-0.2, 0) is 10.0 Å². The molecular weight excluding hydrogens is 450 g/mol. The Morgan fingerprint density at radius 3 is 2.50 bits per heavy atom. The third-order valence-electron chi connectivity index (χ3n) is 5.95. The Balaban J connectivity index is 1.50. The summed E-state index contributed by atoms with van der Waals surface area (Å²) in [5.41, 5.74) is 1.80. The Hall–Kier alpha value is -2.42. The number of carbonyl (C=O) groups is 1. The number of sulfonamides is 1. The van der Waals surface area contributed by atoms with Gasteiger partial charge in [-0.15, -0.1) is 0 Å². The summed E-state index contributed by atoms with van der Waals surface area (Å²) in [6, 6.07) is 12.0. The van der Waals surface area contributed by atoms with E-state index in [1.54, 1.807) is 18.7 Å². The standard InChI is InChI=1S/C23H26ClN3O4S/c1-3-27(4-2)32(29,30)17-9-10-19(24)18(15-17)23(28)26-13-11-16(12-14-26)22-25-20-7-5-6-8-21(20)31-22/h5-10,15-16H,3-4,11-14H2,1-2H3. The first kappa shape index (κ1) is 22.8. The van der Waals surface area contributed by atoms with Gasteiger partial charge in [-0.1, -0.05) is 37.6 Å². The normalized spacial score (nSPS) is 15.6. The fraction of sp³-hybridized carbons (Fsp3) is 0.391. The molecule has 0 atom stereocenters. The summed E-state index contributed by atoms with van der Waals surface area (Å²) in [7, 11) is -3.68. The number of nitrogens with zero attached hydrogens (tertiary/aromatic N) is 3. The van der Waals surface area contributed by atoms with Crippen molar-refractivity contribution in [2.45, 2.75) is 37.5 Å². The van der Waals surface area contributed by atoms with E-state index in [-0.39, 0.29) is 27.3 Å². The zero-order valence-corrected chi connectivity index (χ0v) is 19.7. The van der Waals surface area contributed by atoms with Gasteiger partial charge in [-0.05, 0) is 43.2 Å². The molecule has 7 nitrogen and oxygen atoms in total. The van der Waals surface area contributed by atoms with Crippen LogP contribution in [0.4, 0.5) is 0 Å². The van der Waals surface area contributed by atoms with Gasteiger partial charge in [0.2, 0.25) is 10.0 Å². The van der Waals surface area contributed by atoms with Crippen LogP contribution in [0.1, 0.15) is 48.9 Å². The highest BCUT2D eigenvalue weighted by atomic mass is 35.5. The van der Waals surface area contributed by atoms with E-state index in [0.29, 0.717) is 44.9 Å². The highest BCUT2D eigenvalue weighted by molar-refractivity contribution is 7.89. The van der Waals surface area contributed by atoms with Crippen LogP contribution in [0.5, 0.6) is 0 Å².